The van der Waals surface area contributed by atoms with E-state index < -0.39 is 0 Å². The van der Waals surface area contributed by atoms with Crippen LogP contribution in [0.25, 0.3) is 0 Å². The molecule has 106 valence electrons. The minimum atomic E-state index is 0.453. The molecule has 3 atom stereocenters. The first-order valence-corrected chi connectivity index (χ1v) is 7.96. The van der Waals surface area contributed by atoms with Gasteiger partial charge in [-0.05, 0) is 61.3 Å². The minimum absolute atomic E-state index is 0.453. The Labute approximate surface area is 122 Å². The third-order valence-electron chi connectivity index (χ3n) is 4.32. The van der Waals surface area contributed by atoms with Crippen LogP contribution in [0.4, 0.5) is 0 Å². The van der Waals surface area contributed by atoms with Gasteiger partial charge in [-0.15, -0.1) is 0 Å². The van der Waals surface area contributed by atoms with Crippen molar-refractivity contribution in [1.82, 2.24) is 5.32 Å². The summed E-state index contributed by atoms with van der Waals surface area (Å²) in [5.41, 5.74) is 1.35. The molecule has 1 N–H and O–H groups in total. The van der Waals surface area contributed by atoms with Crippen molar-refractivity contribution < 1.29 is 0 Å². The van der Waals surface area contributed by atoms with Crippen LogP contribution in [0, 0.1) is 17.8 Å². The van der Waals surface area contributed by atoms with Gasteiger partial charge < -0.3 is 5.32 Å². The molecular weight excluding hydrogens is 254 g/mol. The summed E-state index contributed by atoms with van der Waals surface area (Å²) in [6.07, 6.45) is 4.04. The topological polar surface area (TPSA) is 12.0 Å². The molecule has 1 fully saturated rings. The summed E-state index contributed by atoms with van der Waals surface area (Å²) >= 11 is 6.16. The second-order valence-electron chi connectivity index (χ2n) is 6.27. The first kappa shape index (κ1) is 14.9. The highest BCUT2D eigenvalue weighted by Gasteiger charge is 2.30. The summed E-state index contributed by atoms with van der Waals surface area (Å²) in [6, 6.07) is 8.81. The zero-order chi connectivity index (χ0) is 13.8. The van der Waals surface area contributed by atoms with Crippen LogP contribution in [0.1, 0.15) is 51.6 Å². The van der Waals surface area contributed by atoms with Gasteiger partial charge in [0.05, 0.1) is 0 Å². The average molecular weight is 280 g/mol. The van der Waals surface area contributed by atoms with Gasteiger partial charge in [0.15, 0.2) is 0 Å². The molecule has 0 heterocycles. The molecule has 1 saturated carbocycles. The molecule has 1 nitrogen and oxygen atoms in total. The van der Waals surface area contributed by atoms with Gasteiger partial charge in [-0.3, -0.25) is 0 Å². The monoisotopic (exact) mass is 279 g/mol. The Kier molecular flexibility index (Phi) is 5.29. The highest BCUT2D eigenvalue weighted by atomic mass is 35.5. The predicted molar refractivity (Wildman–Crippen MR) is 83.5 cm³/mol. The highest BCUT2D eigenvalue weighted by Crippen LogP contribution is 2.40. The Morgan fingerprint density at radius 2 is 1.89 bits per heavy atom. The van der Waals surface area contributed by atoms with Gasteiger partial charge in [0.25, 0.3) is 0 Å². The molecule has 1 aliphatic rings. The maximum absolute atomic E-state index is 6.16. The van der Waals surface area contributed by atoms with E-state index in [-0.39, 0.29) is 0 Å². The molecule has 19 heavy (non-hydrogen) atoms. The van der Waals surface area contributed by atoms with Crippen LogP contribution in [0.5, 0.6) is 0 Å². The number of hydrogen-bond acceptors (Lipinski definition) is 1. The number of benzene rings is 1. The maximum atomic E-state index is 6.16. The van der Waals surface area contributed by atoms with E-state index in [1.807, 2.05) is 6.07 Å². The predicted octanol–water partition coefficient (Wildman–Crippen LogP) is 5.06. The van der Waals surface area contributed by atoms with Gasteiger partial charge in [0, 0.05) is 11.1 Å². The summed E-state index contributed by atoms with van der Waals surface area (Å²) in [5.74, 6) is 2.42. The van der Waals surface area contributed by atoms with Crippen molar-refractivity contribution >= 4 is 11.6 Å². The standard InChI is InChI=1S/C17H26ClN/c1-4-19-17(14-6-5-7-16(18)11-14)15-9-12(2)8-13(3)10-15/h5-7,11-13,15,17,19H,4,8-10H2,1-3H3. The fourth-order valence-electron chi connectivity index (χ4n) is 3.76. The lowest BCUT2D eigenvalue weighted by molar-refractivity contribution is 0.177. The summed E-state index contributed by atoms with van der Waals surface area (Å²) in [6.45, 7) is 7.98. The van der Waals surface area contributed by atoms with Crippen LogP contribution in [0.15, 0.2) is 24.3 Å². The van der Waals surface area contributed by atoms with E-state index in [0.29, 0.717) is 6.04 Å². The zero-order valence-corrected chi connectivity index (χ0v) is 13.1. The Morgan fingerprint density at radius 3 is 2.47 bits per heavy atom. The number of hydrogen-bond donors (Lipinski definition) is 1. The first-order chi connectivity index (χ1) is 9.10. The summed E-state index contributed by atoms with van der Waals surface area (Å²) in [4.78, 5) is 0. The van der Waals surface area contributed by atoms with Gasteiger partial charge in [0.2, 0.25) is 0 Å². The van der Waals surface area contributed by atoms with Crippen LogP contribution in [0.3, 0.4) is 0 Å². The van der Waals surface area contributed by atoms with Crippen LogP contribution in [-0.4, -0.2) is 6.54 Å². The summed E-state index contributed by atoms with van der Waals surface area (Å²) in [7, 11) is 0. The molecule has 0 bridgehead atoms. The fourth-order valence-corrected chi connectivity index (χ4v) is 3.96. The Hall–Kier alpha value is -0.530. The molecule has 0 amide bonds. The molecule has 2 rings (SSSR count). The lowest BCUT2D eigenvalue weighted by Gasteiger charge is -2.37. The van der Waals surface area contributed by atoms with Gasteiger partial charge in [-0.2, -0.15) is 0 Å². The van der Waals surface area contributed by atoms with Gasteiger partial charge in [-0.1, -0.05) is 44.5 Å². The molecule has 0 aliphatic heterocycles. The quantitative estimate of drug-likeness (QED) is 0.812. The van der Waals surface area contributed by atoms with Gasteiger partial charge in [-0.25, -0.2) is 0 Å². The average Bonchev–Trinajstić information content (AvgIpc) is 2.34. The number of rotatable bonds is 4. The molecular formula is C17H26ClN. The van der Waals surface area contributed by atoms with Crippen molar-refractivity contribution in [2.45, 2.75) is 46.1 Å². The SMILES string of the molecule is CCNC(c1cccc(Cl)c1)C1CC(C)CC(C)C1. The smallest absolute Gasteiger partial charge is 0.0409 e. The second kappa shape index (κ2) is 6.76. The fraction of sp³-hybridized carbons (Fsp3) is 0.647. The Bertz CT molecular complexity index is 394. The number of nitrogens with one attached hydrogen (secondary N) is 1. The third-order valence-corrected chi connectivity index (χ3v) is 4.55. The van der Waals surface area contributed by atoms with E-state index in [4.69, 9.17) is 11.6 Å². The van der Waals surface area contributed by atoms with E-state index in [1.165, 1.54) is 24.8 Å². The largest absolute Gasteiger partial charge is 0.310 e. The molecule has 1 aliphatic carbocycles. The zero-order valence-electron chi connectivity index (χ0n) is 12.3. The van der Waals surface area contributed by atoms with E-state index in [2.05, 4.69) is 44.3 Å². The van der Waals surface area contributed by atoms with Crippen molar-refractivity contribution in [2.24, 2.45) is 17.8 Å². The molecule has 1 aromatic carbocycles. The van der Waals surface area contributed by atoms with Crippen molar-refractivity contribution in [1.29, 1.82) is 0 Å². The minimum Gasteiger partial charge on any atom is -0.310 e. The normalized spacial score (nSPS) is 29.2. The lowest BCUT2D eigenvalue weighted by Crippen LogP contribution is -2.33. The summed E-state index contributed by atoms with van der Waals surface area (Å²) in [5, 5.41) is 4.52. The van der Waals surface area contributed by atoms with Crippen LogP contribution >= 0.6 is 11.6 Å². The van der Waals surface area contributed by atoms with Crippen LogP contribution < -0.4 is 5.32 Å². The highest BCUT2D eigenvalue weighted by molar-refractivity contribution is 6.30. The van der Waals surface area contributed by atoms with Crippen molar-refractivity contribution in [3.8, 4) is 0 Å². The van der Waals surface area contributed by atoms with Gasteiger partial charge in [0.1, 0.15) is 0 Å². The van der Waals surface area contributed by atoms with Crippen molar-refractivity contribution in [3.63, 3.8) is 0 Å². The van der Waals surface area contributed by atoms with Crippen molar-refractivity contribution in [2.75, 3.05) is 6.54 Å². The van der Waals surface area contributed by atoms with Crippen LogP contribution in [-0.2, 0) is 0 Å². The summed E-state index contributed by atoms with van der Waals surface area (Å²) < 4.78 is 0. The van der Waals surface area contributed by atoms with E-state index in [0.717, 1.165) is 29.3 Å². The van der Waals surface area contributed by atoms with Crippen LogP contribution in [0.2, 0.25) is 5.02 Å². The van der Waals surface area contributed by atoms with E-state index >= 15 is 0 Å². The maximum Gasteiger partial charge on any atom is 0.0409 e. The second-order valence-corrected chi connectivity index (χ2v) is 6.70. The Morgan fingerprint density at radius 1 is 1.21 bits per heavy atom. The van der Waals surface area contributed by atoms with E-state index in [1.54, 1.807) is 0 Å². The van der Waals surface area contributed by atoms with Crippen molar-refractivity contribution in [3.05, 3.63) is 34.9 Å². The molecule has 0 saturated heterocycles. The number of halogens is 1. The molecule has 1 aromatic rings. The molecule has 3 unspecified atom stereocenters. The Balaban J connectivity index is 2.19. The van der Waals surface area contributed by atoms with E-state index in [9.17, 15) is 0 Å². The lowest BCUT2D eigenvalue weighted by atomic mass is 9.72. The first-order valence-electron chi connectivity index (χ1n) is 7.59. The molecule has 0 spiro atoms. The third kappa shape index (κ3) is 3.97. The molecule has 0 radical (unpaired) electrons. The van der Waals surface area contributed by atoms with Gasteiger partial charge >= 0.3 is 0 Å². The molecule has 2 heteroatoms. The molecule has 0 aromatic heterocycles.